The summed E-state index contributed by atoms with van der Waals surface area (Å²) in [6.07, 6.45) is 0. The number of anilines is 1. The van der Waals surface area contributed by atoms with Gasteiger partial charge in [-0.2, -0.15) is 0 Å². The Hall–Kier alpha value is -3.21. The first-order chi connectivity index (χ1) is 13.0. The Morgan fingerprint density at radius 1 is 1.07 bits per heavy atom. The minimum atomic E-state index is -0.181. The molecule has 5 heteroatoms. The van der Waals surface area contributed by atoms with Gasteiger partial charge in [-0.1, -0.05) is 18.2 Å². The lowest BCUT2D eigenvalue weighted by Gasteiger charge is -2.13. The van der Waals surface area contributed by atoms with Crippen LogP contribution in [-0.2, 0) is 0 Å². The van der Waals surface area contributed by atoms with Crippen molar-refractivity contribution < 1.29 is 14.3 Å². The van der Waals surface area contributed by atoms with Crippen molar-refractivity contribution in [1.82, 2.24) is 4.57 Å². The van der Waals surface area contributed by atoms with Gasteiger partial charge < -0.3 is 19.4 Å². The van der Waals surface area contributed by atoms with Crippen LogP contribution in [0.2, 0.25) is 0 Å². The Kier molecular flexibility index (Phi) is 5.50. The number of para-hydroxylation sites is 1. The van der Waals surface area contributed by atoms with Gasteiger partial charge in [0.05, 0.1) is 25.0 Å². The number of carbonyl (C=O) groups is 1. The smallest absolute Gasteiger partial charge is 0.257 e. The van der Waals surface area contributed by atoms with Gasteiger partial charge in [-0.05, 0) is 51.1 Å². The second-order valence-corrected chi connectivity index (χ2v) is 6.20. The fourth-order valence-electron chi connectivity index (χ4n) is 3.17. The van der Waals surface area contributed by atoms with Gasteiger partial charge in [0.15, 0.2) is 0 Å². The molecule has 0 aliphatic heterocycles. The zero-order chi connectivity index (χ0) is 19.4. The number of nitrogens with one attached hydrogen (secondary N) is 1. The van der Waals surface area contributed by atoms with Crippen LogP contribution in [0.4, 0.5) is 5.69 Å². The summed E-state index contributed by atoms with van der Waals surface area (Å²) < 4.78 is 13.0. The summed E-state index contributed by atoms with van der Waals surface area (Å²) >= 11 is 0. The molecule has 3 rings (SSSR count). The van der Waals surface area contributed by atoms with Crippen LogP contribution in [0.3, 0.4) is 0 Å². The number of nitrogens with zero attached hydrogens (tertiary/aromatic N) is 1. The highest BCUT2D eigenvalue weighted by Crippen LogP contribution is 2.30. The van der Waals surface area contributed by atoms with Crippen molar-refractivity contribution in [1.29, 1.82) is 0 Å². The molecular weight excluding hydrogens is 340 g/mol. The molecule has 0 radical (unpaired) electrons. The molecule has 27 heavy (non-hydrogen) atoms. The first kappa shape index (κ1) is 18.6. The Bertz CT molecular complexity index is 946. The van der Waals surface area contributed by atoms with E-state index in [0.717, 1.165) is 17.1 Å². The lowest BCUT2D eigenvalue weighted by molar-refractivity contribution is 0.102. The molecule has 0 saturated heterocycles. The average Bonchev–Trinajstić information content (AvgIpc) is 2.98. The summed E-state index contributed by atoms with van der Waals surface area (Å²) in [5, 5.41) is 2.96. The van der Waals surface area contributed by atoms with Crippen molar-refractivity contribution in [3.8, 4) is 17.2 Å². The van der Waals surface area contributed by atoms with E-state index in [0.29, 0.717) is 29.4 Å². The number of methoxy groups -OCH3 is 1. The van der Waals surface area contributed by atoms with Gasteiger partial charge in [-0.3, -0.25) is 4.79 Å². The van der Waals surface area contributed by atoms with E-state index in [9.17, 15) is 4.79 Å². The third-order valence-corrected chi connectivity index (χ3v) is 4.42. The number of benzene rings is 2. The average molecular weight is 364 g/mol. The highest BCUT2D eigenvalue weighted by atomic mass is 16.5. The van der Waals surface area contributed by atoms with Gasteiger partial charge in [0.25, 0.3) is 5.91 Å². The van der Waals surface area contributed by atoms with E-state index in [4.69, 9.17) is 9.47 Å². The largest absolute Gasteiger partial charge is 0.497 e. The summed E-state index contributed by atoms with van der Waals surface area (Å²) in [5.41, 5.74) is 4.13. The van der Waals surface area contributed by atoms with Gasteiger partial charge >= 0.3 is 0 Å². The quantitative estimate of drug-likeness (QED) is 0.686. The Morgan fingerprint density at radius 2 is 1.81 bits per heavy atom. The SMILES string of the molecule is CCOc1ccc(OC)cc1NC(=O)c1cc(C)n(-c2ccccc2)c1C. The molecule has 0 spiro atoms. The summed E-state index contributed by atoms with van der Waals surface area (Å²) in [6.45, 7) is 6.36. The predicted octanol–water partition coefficient (Wildman–Crippen LogP) is 4.75. The number of hydrogen-bond acceptors (Lipinski definition) is 3. The maximum atomic E-state index is 13.0. The predicted molar refractivity (Wildman–Crippen MR) is 107 cm³/mol. The molecule has 1 heterocycles. The summed E-state index contributed by atoms with van der Waals surface area (Å²) in [5.74, 6) is 1.09. The Labute approximate surface area is 159 Å². The summed E-state index contributed by atoms with van der Waals surface area (Å²) in [7, 11) is 1.59. The van der Waals surface area contributed by atoms with Crippen molar-refractivity contribution in [2.75, 3.05) is 19.0 Å². The molecule has 1 aromatic heterocycles. The molecule has 3 aromatic rings. The minimum Gasteiger partial charge on any atom is -0.497 e. The normalized spacial score (nSPS) is 10.5. The van der Waals surface area contributed by atoms with Gasteiger partial charge in [0.1, 0.15) is 11.5 Å². The Balaban J connectivity index is 1.94. The standard InChI is InChI=1S/C22H24N2O3/c1-5-27-21-12-11-18(26-4)14-20(21)23-22(25)19-13-15(2)24(16(19)3)17-9-7-6-8-10-17/h6-14H,5H2,1-4H3,(H,23,25). The first-order valence-corrected chi connectivity index (χ1v) is 8.91. The van der Waals surface area contributed by atoms with Crippen molar-refractivity contribution in [2.45, 2.75) is 20.8 Å². The summed E-state index contributed by atoms with van der Waals surface area (Å²) in [4.78, 5) is 13.0. The molecule has 1 N–H and O–H groups in total. The molecular formula is C22H24N2O3. The highest BCUT2D eigenvalue weighted by Gasteiger charge is 2.18. The molecule has 0 aliphatic carbocycles. The van der Waals surface area contributed by atoms with Crippen LogP contribution in [0.15, 0.2) is 54.6 Å². The number of ether oxygens (including phenoxy) is 2. The fourth-order valence-corrected chi connectivity index (χ4v) is 3.17. The number of hydrogen-bond donors (Lipinski definition) is 1. The second kappa shape index (κ2) is 7.99. The topological polar surface area (TPSA) is 52.5 Å². The maximum absolute atomic E-state index is 13.0. The van der Waals surface area contributed by atoms with E-state index in [-0.39, 0.29) is 5.91 Å². The van der Waals surface area contributed by atoms with Gasteiger partial charge in [0, 0.05) is 23.1 Å². The molecule has 0 bridgehead atoms. The van der Waals surface area contributed by atoms with Crippen molar-refractivity contribution >= 4 is 11.6 Å². The number of amides is 1. The Morgan fingerprint density at radius 3 is 2.48 bits per heavy atom. The molecule has 0 saturated carbocycles. The van der Waals surface area contributed by atoms with Crippen LogP contribution >= 0.6 is 0 Å². The molecule has 5 nitrogen and oxygen atoms in total. The number of aromatic nitrogens is 1. The van der Waals surface area contributed by atoms with Gasteiger partial charge in [0.2, 0.25) is 0 Å². The monoisotopic (exact) mass is 364 g/mol. The van der Waals surface area contributed by atoms with Crippen molar-refractivity contribution in [3.05, 3.63) is 71.5 Å². The van der Waals surface area contributed by atoms with Gasteiger partial charge in [-0.15, -0.1) is 0 Å². The third kappa shape index (κ3) is 3.82. The van der Waals surface area contributed by atoms with Crippen LogP contribution in [0.25, 0.3) is 5.69 Å². The molecule has 0 fully saturated rings. The molecule has 0 atom stereocenters. The molecule has 0 aliphatic rings. The van der Waals surface area contributed by atoms with Crippen LogP contribution in [0, 0.1) is 13.8 Å². The second-order valence-electron chi connectivity index (χ2n) is 6.20. The van der Waals surface area contributed by atoms with Crippen LogP contribution < -0.4 is 14.8 Å². The number of aryl methyl sites for hydroxylation is 1. The van der Waals surface area contributed by atoms with E-state index in [2.05, 4.69) is 9.88 Å². The van der Waals surface area contributed by atoms with Crippen LogP contribution in [-0.4, -0.2) is 24.2 Å². The van der Waals surface area contributed by atoms with Crippen molar-refractivity contribution in [3.63, 3.8) is 0 Å². The zero-order valence-corrected chi connectivity index (χ0v) is 16.1. The van der Waals surface area contributed by atoms with Crippen molar-refractivity contribution in [2.24, 2.45) is 0 Å². The number of carbonyl (C=O) groups excluding carboxylic acids is 1. The fraction of sp³-hybridized carbons (Fsp3) is 0.227. The van der Waals surface area contributed by atoms with E-state index >= 15 is 0 Å². The molecule has 0 unspecified atom stereocenters. The lowest BCUT2D eigenvalue weighted by atomic mass is 10.2. The molecule has 1 amide bonds. The van der Waals surface area contributed by atoms with E-state index in [1.807, 2.05) is 63.2 Å². The third-order valence-electron chi connectivity index (χ3n) is 4.42. The zero-order valence-electron chi connectivity index (χ0n) is 16.1. The molecule has 140 valence electrons. The molecule has 2 aromatic carbocycles. The van der Waals surface area contributed by atoms with E-state index in [1.54, 1.807) is 19.2 Å². The van der Waals surface area contributed by atoms with Gasteiger partial charge in [-0.25, -0.2) is 0 Å². The van der Waals surface area contributed by atoms with Crippen LogP contribution in [0.1, 0.15) is 28.7 Å². The first-order valence-electron chi connectivity index (χ1n) is 8.91. The summed E-state index contributed by atoms with van der Waals surface area (Å²) in [6, 6.07) is 17.3. The maximum Gasteiger partial charge on any atom is 0.257 e. The van der Waals surface area contributed by atoms with Crippen LogP contribution in [0.5, 0.6) is 11.5 Å². The van der Waals surface area contributed by atoms with E-state index < -0.39 is 0 Å². The highest BCUT2D eigenvalue weighted by molar-refractivity contribution is 6.06. The van der Waals surface area contributed by atoms with E-state index in [1.165, 1.54) is 0 Å². The lowest BCUT2D eigenvalue weighted by Crippen LogP contribution is -2.14. The number of rotatable bonds is 6. The minimum absolute atomic E-state index is 0.181.